The number of unbranched alkanes of at least 4 members (excludes halogenated alkanes) is 4. The van der Waals surface area contributed by atoms with Gasteiger partial charge in [-0.05, 0) is 50.3 Å². The molecule has 0 aliphatic heterocycles. The molecule has 0 unspecified atom stereocenters. The number of hydrogen-bond acceptors (Lipinski definition) is 0. The van der Waals surface area contributed by atoms with Crippen molar-refractivity contribution in [3.05, 3.63) is 72.8 Å². The van der Waals surface area contributed by atoms with Crippen molar-refractivity contribution in [3.8, 4) is 0 Å². The fourth-order valence-electron chi connectivity index (χ4n) is 4.77. The summed E-state index contributed by atoms with van der Waals surface area (Å²) >= 11 is 0. The van der Waals surface area contributed by atoms with Gasteiger partial charge in [0.15, 0.2) is 0 Å². The molecule has 5 heteroatoms. The Balaban J connectivity index is 0.000000688. The molecule has 0 saturated carbocycles. The molecule has 0 spiro atoms. The molecule has 0 nitrogen and oxygen atoms in total. The minimum absolute atomic E-state index is 0. The molecule has 0 radical (unpaired) electrons. The third kappa shape index (κ3) is 12.2. The van der Waals surface area contributed by atoms with Crippen LogP contribution >= 0.6 is 15.8 Å². The van der Waals surface area contributed by atoms with Crippen molar-refractivity contribution in [1.82, 2.24) is 0 Å². The molecule has 4 rings (SSSR count). The van der Waals surface area contributed by atoms with Crippen LogP contribution in [0.5, 0.6) is 0 Å². The normalized spacial score (nSPS) is 10.6. The Bertz CT molecular complexity index is 964. The molecule has 212 valence electrons. The van der Waals surface area contributed by atoms with Gasteiger partial charge in [-0.15, -0.1) is 80.7 Å². The van der Waals surface area contributed by atoms with Gasteiger partial charge in [0.05, 0.1) is 0 Å². The monoisotopic (exact) mass is 604 g/mol. The Hall–Kier alpha value is -0.906. The molecule has 0 saturated heterocycles. The van der Waals surface area contributed by atoms with Gasteiger partial charge in [0.1, 0.15) is 0 Å². The van der Waals surface area contributed by atoms with Gasteiger partial charge in [-0.1, -0.05) is 81.4 Å². The van der Waals surface area contributed by atoms with Crippen LogP contribution in [0.3, 0.4) is 0 Å². The number of benzene rings is 2. The van der Waals surface area contributed by atoms with E-state index in [1.807, 2.05) is 0 Å². The SMILES string of the molecule is CCCCP(CCCC)c1cc2ccccc2[cH-]1.CCCCP(CCCC)c1cc2ccccc2[cH-]1.[F-].[F-].[Ti+4]. The van der Waals surface area contributed by atoms with Gasteiger partial charge in [-0.2, -0.15) is 12.1 Å². The van der Waals surface area contributed by atoms with Crippen LogP contribution in [0.15, 0.2) is 72.8 Å². The third-order valence-electron chi connectivity index (χ3n) is 7.06. The van der Waals surface area contributed by atoms with Crippen molar-refractivity contribution in [2.45, 2.75) is 79.1 Å². The van der Waals surface area contributed by atoms with Crippen LogP contribution in [0.2, 0.25) is 0 Å². The van der Waals surface area contributed by atoms with Crippen LogP contribution in [0.1, 0.15) is 79.1 Å². The summed E-state index contributed by atoms with van der Waals surface area (Å²) in [4.78, 5) is 0. The fourth-order valence-corrected chi connectivity index (χ4v) is 10.3. The Morgan fingerprint density at radius 3 is 1.10 bits per heavy atom. The van der Waals surface area contributed by atoms with Gasteiger partial charge in [0.2, 0.25) is 0 Å². The molecule has 0 bridgehead atoms. The van der Waals surface area contributed by atoms with Gasteiger partial charge in [-0.3, -0.25) is 0 Å². The molecule has 0 N–H and O–H groups in total. The second-order valence-corrected chi connectivity index (χ2v) is 15.1. The number of fused-ring (bicyclic) bond motifs is 2. The van der Waals surface area contributed by atoms with E-state index in [9.17, 15) is 0 Å². The van der Waals surface area contributed by atoms with Gasteiger partial charge >= 0.3 is 21.7 Å². The summed E-state index contributed by atoms with van der Waals surface area (Å²) in [5.41, 5.74) is 0. The quantitative estimate of drug-likeness (QED) is 0.113. The Labute approximate surface area is 254 Å². The standard InChI is InChI=1S/2C17H24P.2FH.Ti/c2*1-3-5-11-18(12-6-4-2)17-13-15-9-7-8-10-16(15)14-17;;;/h2*7-10,13-14H,3-6,11-12H2,1-2H3;2*1H;/q2*-1;;;+4/p-2. The molecule has 0 atom stereocenters. The van der Waals surface area contributed by atoms with E-state index in [0.717, 1.165) is 0 Å². The molecule has 0 fully saturated rings. The zero-order valence-electron chi connectivity index (χ0n) is 24.6. The first-order chi connectivity index (χ1) is 17.7. The maximum atomic E-state index is 2.44. The van der Waals surface area contributed by atoms with Gasteiger partial charge in [0.25, 0.3) is 0 Å². The van der Waals surface area contributed by atoms with Gasteiger partial charge < -0.3 is 9.41 Å². The maximum absolute atomic E-state index is 2.44. The second-order valence-electron chi connectivity index (χ2n) is 10.1. The summed E-state index contributed by atoms with van der Waals surface area (Å²) in [5, 5.41) is 8.96. The average Bonchev–Trinajstić information content (AvgIpc) is 3.53. The largest absolute Gasteiger partial charge is 4.00 e. The third-order valence-corrected chi connectivity index (χ3v) is 12.5. The van der Waals surface area contributed by atoms with E-state index in [0.29, 0.717) is 0 Å². The van der Waals surface area contributed by atoms with Crippen molar-refractivity contribution in [2.75, 3.05) is 24.6 Å². The molecule has 4 aromatic carbocycles. The average molecular weight is 605 g/mol. The molecular formula is C34H48F2P2Ti. The number of hydrogen-bond donors (Lipinski definition) is 0. The minimum Gasteiger partial charge on any atom is -1.00 e. The van der Waals surface area contributed by atoms with E-state index in [1.165, 1.54) is 97.6 Å². The zero-order chi connectivity index (χ0) is 25.6. The molecule has 0 amide bonds. The minimum atomic E-state index is 0. The van der Waals surface area contributed by atoms with Crippen molar-refractivity contribution in [2.24, 2.45) is 0 Å². The first-order valence-electron chi connectivity index (χ1n) is 14.5. The topological polar surface area (TPSA) is 0 Å². The molecule has 0 aromatic heterocycles. The fraction of sp³-hybridized carbons (Fsp3) is 0.471. The van der Waals surface area contributed by atoms with E-state index in [4.69, 9.17) is 0 Å². The molecule has 39 heavy (non-hydrogen) atoms. The molecule has 4 aromatic rings. The Morgan fingerprint density at radius 1 is 0.513 bits per heavy atom. The van der Waals surface area contributed by atoms with Crippen molar-refractivity contribution in [1.29, 1.82) is 0 Å². The summed E-state index contributed by atoms with van der Waals surface area (Å²) in [6, 6.07) is 27.3. The Morgan fingerprint density at radius 2 is 0.821 bits per heavy atom. The van der Waals surface area contributed by atoms with E-state index < -0.39 is 0 Å². The predicted molar refractivity (Wildman–Crippen MR) is 171 cm³/mol. The summed E-state index contributed by atoms with van der Waals surface area (Å²) in [6.45, 7) is 9.20. The van der Waals surface area contributed by atoms with E-state index in [1.54, 1.807) is 10.6 Å². The number of halogens is 2. The summed E-state index contributed by atoms with van der Waals surface area (Å²) in [7, 11) is 0.171. The van der Waals surface area contributed by atoms with Gasteiger partial charge in [0, 0.05) is 0 Å². The van der Waals surface area contributed by atoms with Crippen molar-refractivity contribution in [3.63, 3.8) is 0 Å². The summed E-state index contributed by atoms with van der Waals surface area (Å²) in [6.07, 6.45) is 16.5. The van der Waals surface area contributed by atoms with Crippen LogP contribution in [0, 0.1) is 0 Å². The first kappa shape index (κ1) is 38.1. The summed E-state index contributed by atoms with van der Waals surface area (Å²) in [5.74, 6) is 0. The van der Waals surface area contributed by atoms with E-state index in [-0.39, 0.29) is 47.0 Å². The van der Waals surface area contributed by atoms with Crippen molar-refractivity contribution >= 4 is 48.0 Å². The van der Waals surface area contributed by atoms with E-state index >= 15 is 0 Å². The molecular weight excluding hydrogens is 556 g/mol. The first-order valence-corrected chi connectivity index (χ1v) is 17.9. The molecule has 0 aliphatic carbocycles. The predicted octanol–water partition coefficient (Wildman–Crippen LogP) is 4.54. The summed E-state index contributed by atoms with van der Waals surface area (Å²) < 4.78 is 0. The van der Waals surface area contributed by atoms with Crippen LogP contribution < -0.4 is 20.0 Å². The van der Waals surface area contributed by atoms with Gasteiger partial charge in [-0.25, -0.2) is 0 Å². The maximum Gasteiger partial charge on any atom is 4.00 e. The second kappa shape index (κ2) is 21.8. The van der Waals surface area contributed by atoms with Crippen LogP contribution in [-0.2, 0) is 21.7 Å². The van der Waals surface area contributed by atoms with Crippen LogP contribution in [-0.4, -0.2) is 24.6 Å². The smallest absolute Gasteiger partial charge is 1.00 e. The molecule has 0 heterocycles. The van der Waals surface area contributed by atoms with E-state index in [2.05, 4.69) is 100 Å². The number of rotatable bonds is 14. The van der Waals surface area contributed by atoms with Crippen LogP contribution in [0.25, 0.3) is 21.5 Å². The molecule has 0 aliphatic rings. The zero-order valence-corrected chi connectivity index (χ0v) is 27.9. The Kier molecular flexibility index (Phi) is 21.3. The van der Waals surface area contributed by atoms with Crippen molar-refractivity contribution < 1.29 is 31.1 Å². The van der Waals surface area contributed by atoms with Crippen LogP contribution in [0.4, 0.5) is 0 Å².